The summed E-state index contributed by atoms with van der Waals surface area (Å²) in [4.78, 5) is 33.7. The quantitative estimate of drug-likeness (QED) is 0.323. The summed E-state index contributed by atoms with van der Waals surface area (Å²) >= 11 is 0. The average Bonchev–Trinajstić information content (AvgIpc) is 2.95. The Balaban J connectivity index is 1.44. The number of hydrogen-bond donors (Lipinski definition) is 2. The summed E-state index contributed by atoms with van der Waals surface area (Å²) in [5, 5.41) is 5.74. The van der Waals surface area contributed by atoms with Gasteiger partial charge in [0, 0.05) is 52.8 Å². The van der Waals surface area contributed by atoms with E-state index >= 15 is 0 Å². The number of hydrogen-bond acceptors (Lipinski definition) is 5. The molecule has 0 aliphatic rings. The summed E-state index contributed by atoms with van der Waals surface area (Å²) in [7, 11) is 0. The zero-order chi connectivity index (χ0) is 26.7. The first-order chi connectivity index (χ1) is 18.5. The zero-order valence-corrected chi connectivity index (χ0v) is 21.3. The minimum Gasteiger partial charge on any atom is -0.493 e. The molecule has 0 aliphatic heterocycles. The molecule has 7 heteroatoms. The molecule has 0 saturated heterocycles. The predicted molar refractivity (Wildman–Crippen MR) is 148 cm³/mol. The number of anilines is 1. The number of benzene rings is 3. The van der Waals surface area contributed by atoms with Crippen LogP contribution in [0.5, 0.6) is 5.75 Å². The standard InChI is InChI=1S/C31H28N4O3/c1-3-19-38-28-15-14-27(35-29(36)16-13-23-8-5-4-7-22(23)2)20-26(28)21-34-31(37)25-11-9-24(10-12-25)30-32-17-6-18-33-30/h4-12,14-15,17-18,20H,3,19,21H2,1-2H3,(H,34,37)(H,35,36). The molecule has 0 bridgehead atoms. The van der Waals surface area contributed by atoms with E-state index in [1.54, 1.807) is 48.8 Å². The maximum atomic E-state index is 12.8. The van der Waals surface area contributed by atoms with Gasteiger partial charge in [-0.2, -0.15) is 0 Å². The Bertz CT molecular complexity index is 1470. The van der Waals surface area contributed by atoms with E-state index in [-0.39, 0.29) is 12.5 Å². The Labute approximate surface area is 222 Å². The molecule has 0 atom stereocenters. The molecule has 7 nitrogen and oxygen atoms in total. The number of carbonyl (C=O) groups is 2. The van der Waals surface area contributed by atoms with Crippen molar-refractivity contribution in [1.29, 1.82) is 0 Å². The molecule has 2 amide bonds. The van der Waals surface area contributed by atoms with Crippen molar-refractivity contribution in [3.8, 4) is 29.0 Å². The smallest absolute Gasteiger partial charge is 0.300 e. The average molecular weight is 505 g/mol. The fourth-order valence-corrected chi connectivity index (χ4v) is 3.64. The van der Waals surface area contributed by atoms with Gasteiger partial charge in [-0.1, -0.05) is 43.2 Å². The van der Waals surface area contributed by atoms with Crippen LogP contribution in [0.25, 0.3) is 11.4 Å². The van der Waals surface area contributed by atoms with Crippen LogP contribution in [0.15, 0.2) is 85.2 Å². The Morgan fingerprint density at radius 2 is 1.71 bits per heavy atom. The van der Waals surface area contributed by atoms with Crippen LogP contribution in [0, 0.1) is 18.8 Å². The molecule has 0 radical (unpaired) electrons. The second kappa shape index (κ2) is 12.8. The lowest BCUT2D eigenvalue weighted by Crippen LogP contribution is -2.23. The van der Waals surface area contributed by atoms with E-state index < -0.39 is 5.91 Å². The number of ether oxygens (including phenoxy) is 1. The third-order valence-electron chi connectivity index (χ3n) is 5.65. The summed E-state index contributed by atoms with van der Waals surface area (Å²) in [6.45, 7) is 4.73. The van der Waals surface area contributed by atoms with E-state index in [4.69, 9.17) is 4.74 Å². The van der Waals surface area contributed by atoms with Crippen molar-refractivity contribution in [3.05, 3.63) is 107 Å². The van der Waals surface area contributed by atoms with Gasteiger partial charge in [-0.15, -0.1) is 0 Å². The van der Waals surface area contributed by atoms with E-state index in [0.29, 0.717) is 29.4 Å². The molecule has 0 aliphatic carbocycles. The van der Waals surface area contributed by atoms with Gasteiger partial charge >= 0.3 is 5.91 Å². The van der Waals surface area contributed by atoms with Crippen LogP contribution in [0.1, 0.15) is 40.4 Å². The predicted octanol–water partition coefficient (Wildman–Crippen LogP) is 5.16. The van der Waals surface area contributed by atoms with Gasteiger partial charge in [-0.05, 0) is 61.4 Å². The zero-order valence-electron chi connectivity index (χ0n) is 21.3. The second-order valence-corrected chi connectivity index (χ2v) is 8.52. The molecular weight excluding hydrogens is 476 g/mol. The molecular formula is C31H28N4O3. The molecule has 1 heterocycles. The first-order valence-electron chi connectivity index (χ1n) is 12.3. The van der Waals surface area contributed by atoms with E-state index in [0.717, 1.165) is 28.7 Å². The first-order valence-corrected chi connectivity index (χ1v) is 12.3. The van der Waals surface area contributed by atoms with Crippen molar-refractivity contribution < 1.29 is 14.3 Å². The van der Waals surface area contributed by atoms with Crippen LogP contribution >= 0.6 is 0 Å². The highest BCUT2D eigenvalue weighted by atomic mass is 16.5. The molecule has 1 aromatic heterocycles. The Kier molecular flexibility index (Phi) is 8.82. The SMILES string of the molecule is CCCOc1ccc(NC(=O)C#Cc2ccccc2C)cc1CNC(=O)c1ccc(-c2ncccn2)cc1. The molecule has 0 spiro atoms. The van der Waals surface area contributed by atoms with E-state index in [9.17, 15) is 9.59 Å². The molecule has 4 rings (SSSR count). The van der Waals surface area contributed by atoms with Crippen molar-refractivity contribution in [1.82, 2.24) is 15.3 Å². The molecule has 0 unspecified atom stereocenters. The monoisotopic (exact) mass is 504 g/mol. The number of amides is 2. The summed E-state index contributed by atoms with van der Waals surface area (Å²) < 4.78 is 5.86. The van der Waals surface area contributed by atoms with Gasteiger partial charge in [0.1, 0.15) is 5.75 Å². The summed E-state index contributed by atoms with van der Waals surface area (Å²) in [5.74, 6) is 6.13. The highest BCUT2D eigenvalue weighted by Crippen LogP contribution is 2.24. The number of aromatic nitrogens is 2. The molecule has 3 aromatic carbocycles. The van der Waals surface area contributed by atoms with E-state index in [2.05, 4.69) is 32.4 Å². The molecule has 2 N–H and O–H groups in total. The van der Waals surface area contributed by atoms with Crippen molar-refractivity contribution in [2.45, 2.75) is 26.8 Å². The van der Waals surface area contributed by atoms with Crippen LogP contribution < -0.4 is 15.4 Å². The second-order valence-electron chi connectivity index (χ2n) is 8.52. The minimum atomic E-state index is -0.423. The Morgan fingerprint density at radius 1 is 0.947 bits per heavy atom. The van der Waals surface area contributed by atoms with Crippen molar-refractivity contribution >= 4 is 17.5 Å². The molecule has 190 valence electrons. The third kappa shape index (κ3) is 7.05. The molecule has 38 heavy (non-hydrogen) atoms. The van der Waals surface area contributed by atoms with Crippen molar-refractivity contribution in [2.75, 3.05) is 11.9 Å². The first kappa shape index (κ1) is 26.1. The van der Waals surface area contributed by atoms with E-state index in [1.807, 2.05) is 50.2 Å². The number of aryl methyl sites for hydroxylation is 1. The lowest BCUT2D eigenvalue weighted by atomic mass is 10.1. The Hall–Kier alpha value is -4.96. The van der Waals surface area contributed by atoms with Gasteiger partial charge in [0.2, 0.25) is 0 Å². The van der Waals surface area contributed by atoms with Crippen molar-refractivity contribution in [2.24, 2.45) is 0 Å². The Morgan fingerprint density at radius 3 is 2.45 bits per heavy atom. The van der Waals surface area contributed by atoms with Crippen LogP contribution in [0.2, 0.25) is 0 Å². The normalized spacial score (nSPS) is 10.2. The van der Waals surface area contributed by atoms with Gasteiger partial charge in [-0.3, -0.25) is 9.59 Å². The fraction of sp³-hybridized carbons (Fsp3) is 0.161. The number of nitrogens with zero attached hydrogens (tertiary/aromatic N) is 2. The van der Waals surface area contributed by atoms with Crippen LogP contribution in [0.3, 0.4) is 0 Å². The lowest BCUT2D eigenvalue weighted by molar-refractivity contribution is -0.111. The largest absolute Gasteiger partial charge is 0.493 e. The summed E-state index contributed by atoms with van der Waals surface area (Å²) in [6.07, 6.45) is 4.19. The minimum absolute atomic E-state index is 0.222. The molecule has 0 fully saturated rings. The fourth-order valence-electron chi connectivity index (χ4n) is 3.64. The van der Waals surface area contributed by atoms with Gasteiger partial charge in [0.05, 0.1) is 6.61 Å². The van der Waals surface area contributed by atoms with Gasteiger partial charge in [0.25, 0.3) is 5.91 Å². The van der Waals surface area contributed by atoms with Crippen molar-refractivity contribution in [3.63, 3.8) is 0 Å². The lowest BCUT2D eigenvalue weighted by Gasteiger charge is -2.14. The molecule has 4 aromatic rings. The van der Waals surface area contributed by atoms with Crippen LogP contribution in [0.4, 0.5) is 5.69 Å². The number of rotatable bonds is 8. The van der Waals surface area contributed by atoms with Gasteiger partial charge in [-0.25, -0.2) is 9.97 Å². The van der Waals surface area contributed by atoms with Gasteiger partial charge < -0.3 is 15.4 Å². The summed E-state index contributed by atoms with van der Waals surface area (Å²) in [6, 6.07) is 21.8. The highest BCUT2D eigenvalue weighted by molar-refractivity contribution is 6.04. The topological polar surface area (TPSA) is 93.2 Å². The molecule has 0 saturated carbocycles. The van der Waals surface area contributed by atoms with Crippen LogP contribution in [-0.4, -0.2) is 28.4 Å². The third-order valence-corrected chi connectivity index (χ3v) is 5.65. The number of carbonyl (C=O) groups excluding carboxylic acids is 2. The highest BCUT2D eigenvalue weighted by Gasteiger charge is 2.11. The van der Waals surface area contributed by atoms with Crippen LogP contribution in [-0.2, 0) is 11.3 Å². The van der Waals surface area contributed by atoms with E-state index in [1.165, 1.54) is 0 Å². The van der Waals surface area contributed by atoms with Gasteiger partial charge in [0.15, 0.2) is 5.82 Å². The maximum absolute atomic E-state index is 12.8. The summed E-state index contributed by atoms with van der Waals surface area (Å²) in [5.41, 5.74) is 4.45. The number of nitrogens with one attached hydrogen (secondary N) is 2. The maximum Gasteiger partial charge on any atom is 0.300 e.